The molecule has 0 rings (SSSR count). The number of hydrogen-bond acceptors (Lipinski definition) is 3. The number of allylic oxidation sites excluding steroid dienone is 3. The topological polar surface area (TPSA) is 52.9 Å². The van der Waals surface area contributed by atoms with Crippen LogP contribution in [-0.2, 0) is 4.79 Å². The third-order valence-corrected chi connectivity index (χ3v) is 2.01. The minimum absolute atomic E-state index is 0.0930. The van der Waals surface area contributed by atoms with Crippen LogP contribution in [0.5, 0.6) is 0 Å². The van der Waals surface area contributed by atoms with E-state index in [9.17, 15) is 9.82 Å². The van der Waals surface area contributed by atoms with Crippen LogP contribution in [0.15, 0.2) is 41.5 Å². The Morgan fingerprint density at radius 3 is 2.56 bits per heavy atom. The Hall–Kier alpha value is -1.62. The molecule has 0 aromatic carbocycles. The first-order valence-electron chi connectivity index (χ1n) is 4.87. The van der Waals surface area contributed by atoms with Gasteiger partial charge in [0.25, 0.3) is 5.91 Å². The van der Waals surface area contributed by atoms with Crippen molar-refractivity contribution in [3.05, 3.63) is 36.5 Å². The monoisotopic (exact) mass is 220 g/mol. The van der Waals surface area contributed by atoms with Gasteiger partial charge in [-0.3, -0.25) is 9.79 Å². The lowest BCUT2D eigenvalue weighted by molar-refractivity contribution is -0.122. The Morgan fingerprint density at radius 2 is 2.12 bits per heavy atom. The largest absolute Gasteiger partial charge is 0.447 e. The summed E-state index contributed by atoms with van der Waals surface area (Å²) < 4.78 is 0. The van der Waals surface area contributed by atoms with E-state index in [0.717, 1.165) is 0 Å². The molecule has 0 radical (unpaired) electrons. The molecule has 16 heavy (non-hydrogen) atoms. The SMILES string of the molecule is C=C/C=C(\C)B(O)N(C)C(=O)C(=C)N=CC. The smallest absolute Gasteiger partial charge is 0.429 e. The van der Waals surface area contributed by atoms with Gasteiger partial charge in [0, 0.05) is 6.21 Å². The molecule has 0 aliphatic heterocycles. The van der Waals surface area contributed by atoms with Crippen LogP contribution in [0.4, 0.5) is 0 Å². The highest BCUT2D eigenvalue weighted by Crippen LogP contribution is 2.06. The summed E-state index contributed by atoms with van der Waals surface area (Å²) >= 11 is 0. The first kappa shape index (κ1) is 14.4. The molecule has 0 aromatic rings. The van der Waals surface area contributed by atoms with E-state index in [4.69, 9.17) is 0 Å². The van der Waals surface area contributed by atoms with Crippen molar-refractivity contribution in [3.8, 4) is 0 Å². The van der Waals surface area contributed by atoms with Gasteiger partial charge in [-0.2, -0.15) is 0 Å². The predicted molar refractivity (Wildman–Crippen MR) is 68.0 cm³/mol. The predicted octanol–water partition coefficient (Wildman–Crippen LogP) is 1.20. The van der Waals surface area contributed by atoms with Gasteiger partial charge in [-0.15, -0.1) is 0 Å². The summed E-state index contributed by atoms with van der Waals surface area (Å²) in [5.41, 5.74) is 0.717. The van der Waals surface area contributed by atoms with E-state index in [2.05, 4.69) is 18.2 Å². The van der Waals surface area contributed by atoms with Crippen LogP contribution in [-0.4, -0.2) is 36.1 Å². The van der Waals surface area contributed by atoms with E-state index in [0.29, 0.717) is 5.47 Å². The Bertz CT molecular complexity index is 348. The quantitative estimate of drug-likeness (QED) is 0.327. The number of likely N-dealkylation sites (N-methyl/N-ethyl adjacent to an activating group) is 1. The van der Waals surface area contributed by atoms with Crippen LogP contribution in [0.2, 0.25) is 0 Å². The molecule has 0 bridgehead atoms. The molecular weight excluding hydrogens is 203 g/mol. The zero-order valence-electron chi connectivity index (χ0n) is 9.97. The number of aliphatic imine (C=N–C) groups is 1. The summed E-state index contributed by atoms with van der Waals surface area (Å²) in [4.78, 5) is 16.6. The second-order valence-electron chi connectivity index (χ2n) is 3.27. The third-order valence-electron chi connectivity index (χ3n) is 2.01. The molecule has 1 amide bonds. The number of carbonyl (C=O) groups excluding carboxylic acids is 1. The maximum Gasteiger partial charge on any atom is 0.447 e. The highest BCUT2D eigenvalue weighted by molar-refractivity contribution is 6.59. The van der Waals surface area contributed by atoms with Crippen molar-refractivity contribution in [2.45, 2.75) is 13.8 Å². The van der Waals surface area contributed by atoms with E-state index in [1.54, 1.807) is 26.0 Å². The van der Waals surface area contributed by atoms with Gasteiger partial charge in [0.05, 0.1) is 0 Å². The molecule has 0 aromatic heterocycles. The molecule has 0 fully saturated rings. The Balaban J connectivity index is 4.73. The summed E-state index contributed by atoms with van der Waals surface area (Å²) in [6.07, 6.45) is 4.67. The standard InChI is InChI=1S/C11H17BN2O2/c1-6-8-9(3)12(16)14(5)11(15)10(4)13-7-2/h6-8,16H,1,4H2,2-3,5H3/b9-8+,13-7?. The summed E-state index contributed by atoms with van der Waals surface area (Å²) in [5, 5.41) is 9.80. The lowest BCUT2D eigenvalue weighted by atomic mass is 9.72. The van der Waals surface area contributed by atoms with Gasteiger partial charge in [-0.05, 0) is 20.9 Å². The number of nitrogens with zero attached hydrogens (tertiary/aromatic N) is 2. The molecule has 0 saturated carbocycles. The Labute approximate surface area is 96.8 Å². The summed E-state index contributed by atoms with van der Waals surface area (Å²) in [6.45, 7) is 10.4. The first-order valence-corrected chi connectivity index (χ1v) is 4.87. The van der Waals surface area contributed by atoms with Gasteiger partial charge in [0.15, 0.2) is 0 Å². The number of carbonyl (C=O) groups is 1. The Kier molecular flexibility index (Phi) is 6.11. The summed E-state index contributed by atoms with van der Waals surface area (Å²) in [5.74, 6) is -0.414. The number of hydrogen-bond donors (Lipinski definition) is 1. The molecule has 5 heteroatoms. The van der Waals surface area contributed by atoms with E-state index in [-0.39, 0.29) is 5.70 Å². The highest BCUT2D eigenvalue weighted by Gasteiger charge is 2.25. The van der Waals surface area contributed by atoms with Crippen molar-refractivity contribution in [3.63, 3.8) is 0 Å². The van der Waals surface area contributed by atoms with Crippen LogP contribution in [0.1, 0.15) is 13.8 Å². The molecule has 0 unspecified atom stereocenters. The van der Waals surface area contributed by atoms with Gasteiger partial charge in [0.2, 0.25) is 0 Å². The zero-order valence-corrected chi connectivity index (χ0v) is 9.97. The molecule has 0 saturated heterocycles. The molecule has 0 spiro atoms. The summed E-state index contributed by atoms with van der Waals surface area (Å²) in [7, 11) is 0.498. The second kappa shape index (κ2) is 6.79. The third kappa shape index (κ3) is 3.86. The molecule has 0 heterocycles. The average Bonchev–Trinajstić information content (AvgIpc) is 2.26. The molecule has 4 nitrogen and oxygen atoms in total. The van der Waals surface area contributed by atoms with Gasteiger partial charge < -0.3 is 9.83 Å². The van der Waals surface area contributed by atoms with Crippen LogP contribution in [0.25, 0.3) is 0 Å². The normalized spacial score (nSPS) is 11.4. The van der Waals surface area contributed by atoms with E-state index >= 15 is 0 Å². The molecule has 0 atom stereocenters. The van der Waals surface area contributed by atoms with Crippen molar-refractivity contribution in [2.24, 2.45) is 4.99 Å². The highest BCUT2D eigenvalue weighted by atomic mass is 16.2. The second-order valence-corrected chi connectivity index (χ2v) is 3.27. The van der Waals surface area contributed by atoms with Crippen molar-refractivity contribution in [1.29, 1.82) is 0 Å². The zero-order chi connectivity index (χ0) is 12.7. The maximum atomic E-state index is 11.7. The van der Waals surface area contributed by atoms with Crippen LogP contribution in [0.3, 0.4) is 0 Å². The molecular formula is C11H17BN2O2. The van der Waals surface area contributed by atoms with E-state index in [1.165, 1.54) is 18.1 Å². The Morgan fingerprint density at radius 1 is 1.56 bits per heavy atom. The minimum atomic E-state index is -0.991. The van der Waals surface area contributed by atoms with Gasteiger partial charge in [-0.25, -0.2) is 0 Å². The fourth-order valence-corrected chi connectivity index (χ4v) is 1.10. The molecule has 1 N–H and O–H groups in total. The van der Waals surface area contributed by atoms with Crippen molar-refractivity contribution in [1.82, 2.24) is 4.81 Å². The number of amides is 1. The minimum Gasteiger partial charge on any atom is -0.429 e. The van der Waals surface area contributed by atoms with Crippen molar-refractivity contribution >= 4 is 19.2 Å². The first-order chi connectivity index (χ1) is 7.45. The molecule has 0 aliphatic rings. The fraction of sp³-hybridized carbons (Fsp3) is 0.273. The van der Waals surface area contributed by atoms with Crippen LogP contribution >= 0.6 is 0 Å². The summed E-state index contributed by atoms with van der Waals surface area (Å²) in [6, 6.07) is 0. The average molecular weight is 220 g/mol. The van der Waals surface area contributed by atoms with E-state index in [1.807, 2.05) is 0 Å². The fourth-order valence-electron chi connectivity index (χ4n) is 1.10. The lowest BCUT2D eigenvalue weighted by Gasteiger charge is -2.20. The van der Waals surface area contributed by atoms with E-state index < -0.39 is 13.0 Å². The molecule has 0 aliphatic carbocycles. The van der Waals surface area contributed by atoms with Crippen LogP contribution in [0, 0.1) is 0 Å². The lowest BCUT2D eigenvalue weighted by Crippen LogP contribution is -2.42. The van der Waals surface area contributed by atoms with Crippen molar-refractivity contribution < 1.29 is 9.82 Å². The van der Waals surface area contributed by atoms with Crippen LogP contribution < -0.4 is 0 Å². The molecule has 86 valence electrons. The van der Waals surface area contributed by atoms with Gasteiger partial charge in [-0.1, -0.05) is 30.8 Å². The van der Waals surface area contributed by atoms with Crippen molar-refractivity contribution in [2.75, 3.05) is 7.05 Å². The number of rotatable bonds is 5. The maximum absolute atomic E-state index is 11.7. The van der Waals surface area contributed by atoms with Gasteiger partial charge >= 0.3 is 7.05 Å². The van der Waals surface area contributed by atoms with Gasteiger partial charge in [0.1, 0.15) is 5.70 Å².